The van der Waals surface area contributed by atoms with Crippen molar-refractivity contribution in [2.75, 3.05) is 31.1 Å². The fourth-order valence-electron chi connectivity index (χ4n) is 3.48. The highest BCUT2D eigenvalue weighted by atomic mass is 15.3. The van der Waals surface area contributed by atoms with Gasteiger partial charge in [0.1, 0.15) is 0 Å². The lowest BCUT2D eigenvalue weighted by Crippen LogP contribution is -2.51. The first-order chi connectivity index (χ1) is 10.2. The van der Waals surface area contributed by atoms with E-state index in [4.69, 9.17) is 5.73 Å². The molecular weight excluding hydrogens is 258 g/mol. The molecule has 0 amide bonds. The molecule has 3 heteroatoms. The number of hydrogen-bond donors (Lipinski definition) is 1. The van der Waals surface area contributed by atoms with Crippen LogP contribution in [0.25, 0.3) is 10.8 Å². The van der Waals surface area contributed by atoms with Gasteiger partial charge in [-0.2, -0.15) is 0 Å². The number of nitrogens with zero attached hydrogens (tertiary/aromatic N) is 2. The van der Waals surface area contributed by atoms with Crippen molar-refractivity contribution < 1.29 is 0 Å². The first-order valence-corrected chi connectivity index (χ1v) is 7.94. The van der Waals surface area contributed by atoms with Crippen molar-refractivity contribution in [3.8, 4) is 0 Å². The number of hydrogen-bond acceptors (Lipinski definition) is 3. The Bertz CT molecular complexity index is 623. The number of benzene rings is 2. The molecule has 0 saturated carbocycles. The topological polar surface area (TPSA) is 32.5 Å². The number of rotatable bonds is 3. The normalized spacial score (nSPS) is 20.1. The van der Waals surface area contributed by atoms with E-state index in [1.54, 1.807) is 0 Å². The van der Waals surface area contributed by atoms with Crippen molar-refractivity contribution in [3.05, 3.63) is 42.0 Å². The van der Waals surface area contributed by atoms with E-state index in [1.807, 2.05) is 0 Å². The summed E-state index contributed by atoms with van der Waals surface area (Å²) in [5, 5.41) is 2.63. The van der Waals surface area contributed by atoms with Gasteiger partial charge >= 0.3 is 0 Å². The van der Waals surface area contributed by atoms with Crippen molar-refractivity contribution in [1.29, 1.82) is 0 Å². The van der Waals surface area contributed by atoms with Crippen molar-refractivity contribution in [3.63, 3.8) is 0 Å². The van der Waals surface area contributed by atoms with Crippen molar-refractivity contribution >= 4 is 16.5 Å². The minimum Gasteiger partial charge on any atom is -0.368 e. The molecule has 1 heterocycles. The summed E-state index contributed by atoms with van der Waals surface area (Å²) >= 11 is 0. The van der Waals surface area contributed by atoms with Gasteiger partial charge in [0.15, 0.2) is 0 Å². The van der Waals surface area contributed by atoms with E-state index in [2.05, 4.69) is 60.0 Å². The highest BCUT2D eigenvalue weighted by Crippen LogP contribution is 2.30. The van der Waals surface area contributed by atoms with E-state index in [0.29, 0.717) is 12.6 Å². The predicted octanol–water partition coefficient (Wildman–Crippen LogP) is 2.83. The van der Waals surface area contributed by atoms with Crippen molar-refractivity contribution in [2.24, 2.45) is 5.73 Å². The van der Waals surface area contributed by atoms with Gasteiger partial charge in [-0.25, -0.2) is 0 Å². The van der Waals surface area contributed by atoms with Crippen LogP contribution in [-0.2, 0) is 6.54 Å². The maximum absolute atomic E-state index is 5.88. The Morgan fingerprint density at radius 2 is 1.86 bits per heavy atom. The van der Waals surface area contributed by atoms with Crippen LogP contribution in [0.15, 0.2) is 36.4 Å². The molecule has 1 fully saturated rings. The standard InChI is InChI=1S/C18H25N3/c1-3-20-10-11-21(13-14(20)2)18-9-8-15(12-19)16-6-4-5-7-17(16)18/h4-9,14H,3,10-13,19H2,1-2H3. The molecule has 0 aromatic heterocycles. The summed E-state index contributed by atoms with van der Waals surface area (Å²) in [6, 6.07) is 13.7. The molecule has 1 atom stereocenters. The lowest BCUT2D eigenvalue weighted by molar-refractivity contribution is 0.200. The van der Waals surface area contributed by atoms with Crippen molar-refractivity contribution in [1.82, 2.24) is 4.90 Å². The molecule has 2 aromatic rings. The van der Waals surface area contributed by atoms with Crippen LogP contribution in [0.5, 0.6) is 0 Å². The van der Waals surface area contributed by atoms with Gasteiger partial charge in [-0.1, -0.05) is 37.3 Å². The molecule has 1 aliphatic heterocycles. The molecule has 3 rings (SSSR count). The van der Waals surface area contributed by atoms with Gasteiger partial charge in [-0.15, -0.1) is 0 Å². The first kappa shape index (κ1) is 14.4. The quantitative estimate of drug-likeness (QED) is 0.940. The minimum atomic E-state index is 0.598. The van der Waals surface area contributed by atoms with Crippen LogP contribution in [0.4, 0.5) is 5.69 Å². The summed E-state index contributed by atoms with van der Waals surface area (Å²) in [4.78, 5) is 5.08. The Labute approximate surface area is 127 Å². The van der Waals surface area contributed by atoms with Gasteiger partial charge in [0, 0.05) is 43.3 Å². The van der Waals surface area contributed by atoms with E-state index < -0.39 is 0 Å². The molecule has 112 valence electrons. The van der Waals surface area contributed by atoms with E-state index >= 15 is 0 Å². The molecule has 1 saturated heterocycles. The SMILES string of the molecule is CCN1CCN(c2ccc(CN)c3ccccc23)CC1C. The highest BCUT2D eigenvalue weighted by molar-refractivity contribution is 5.96. The number of anilines is 1. The Hall–Kier alpha value is -1.58. The molecular formula is C18H25N3. The zero-order valence-corrected chi connectivity index (χ0v) is 13.0. The summed E-state index contributed by atoms with van der Waals surface area (Å²) < 4.78 is 0. The molecule has 3 nitrogen and oxygen atoms in total. The van der Waals surface area contributed by atoms with Crippen LogP contribution in [-0.4, -0.2) is 37.1 Å². The van der Waals surface area contributed by atoms with Crippen LogP contribution in [0.3, 0.4) is 0 Å². The Morgan fingerprint density at radius 3 is 2.52 bits per heavy atom. The monoisotopic (exact) mass is 283 g/mol. The minimum absolute atomic E-state index is 0.598. The maximum Gasteiger partial charge on any atom is 0.0447 e. The van der Waals surface area contributed by atoms with E-state index in [0.717, 1.165) is 26.2 Å². The molecule has 0 radical (unpaired) electrons. The lowest BCUT2D eigenvalue weighted by Gasteiger charge is -2.41. The van der Waals surface area contributed by atoms with Gasteiger partial charge in [0.2, 0.25) is 0 Å². The number of piperazine rings is 1. The molecule has 2 aromatic carbocycles. The number of likely N-dealkylation sites (N-methyl/N-ethyl adjacent to an activating group) is 1. The van der Waals surface area contributed by atoms with Crippen LogP contribution in [0.1, 0.15) is 19.4 Å². The maximum atomic E-state index is 5.88. The van der Waals surface area contributed by atoms with Crippen molar-refractivity contribution in [2.45, 2.75) is 26.4 Å². The summed E-state index contributed by atoms with van der Waals surface area (Å²) in [6.45, 7) is 9.65. The zero-order chi connectivity index (χ0) is 14.8. The average Bonchev–Trinajstić information content (AvgIpc) is 2.53. The summed E-state index contributed by atoms with van der Waals surface area (Å²) in [6.07, 6.45) is 0. The van der Waals surface area contributed by atoms with Crippen LogP contribution >= 0.6 is 0 Å². The Balaban J connectivity index is 1.98. The Kier molecular flexibility index (Phi) is 4.13. The van der Waals surface area contributed by atoms with Gasteiger partial charge in [0.05, 0.1) is 0 Å². The second kappa shape index (κ2) is 6.04. The third-order valence-electron chi connectivity index (χ3n) is 4.72. The first-order valence-electron chi connectivity index (χ1n) is 7.94. The predicted molar refractivity (Wildman–Crippen MR) is 90.8 cm³/mol. The summed E-state index contributed by atoms with van der Waals surface area (Å²) in [5.74, 6) is 0. The van der Waals surface area contributed by atoms with Gasteiger partial charge in [-0.05, 0) is 30.5 Å². The van der Waals surface area contributed by atoms with E-state index in [9.17, 15) is 0 Å². The lowest BCUT2D eigenvalue weighted by atomic mass is 10.0. The molecule has 2 N–H and O–H groups in total. The molecule has 0 aliphatic carbocycles. The van der Waals surface area contributed by atoms with E-state index in [1.165, 1.54) is 22.0 Å². The van der Waals surface area contributed by atoms with Crippen LogP contribution in [0.2, 0.25) is 0 Å². The van der Waals surface area contributed by atoms with Gasteiger partial charge in [0.25, 0.3) is 0 Å². The summed E-state index contributed by atoms with van der Waals surface area (Å²) in [7, 11) is 0. The Morgan fingerprint density at radius 1 is 1.10 bits per heavy atom. The number of fused-ring (bicyclic) bond motifs is 1. The van der Waals surface area contributed by atoms with E-state index in [-0.39, 0.29) is 0 Å². The fourth-order valence-corrected chi connectivity index (χ4v) is 3.48. The van der Waals surface area contributed by atoms with Crippen LogP contribution < -0.4 is 10.6 Å². The molecule has 1 unspecified atom stereocenters. The average molecular weight is 283 g/mol. The highest BCUT2D eigenvalue weighted by Gasteiger charge is 2.23. The fraction of sp³-hybridized carbons (Fsp3) is 0.444. The summed E-state index contributed by atoms with van der Waals surface area (Å²) in [5.41, 5.74) is 8.47. The second-order valence-electron chi connectivity index (χ2n) is 5.92. The molecule has 0 spiro atoms. The third kappa shape index (κ3) is 2.63. The molecule has 21 heavy (non-hydrogen) atoms. The van der Waals surface area contributed by atoms with Gasteiger partial charge in [-0.3, -0.25) is 4.90 Å². The third-order valence-corrected chi connectivity index (χ3v) is 4.72. The van der Waals surface area contributed by atoms with Crippen LogP contribution in [0, 0.1) is 0 Å². The molecule has 0 bridgehead atoms. The smallest absolute Gasteiger partial charge is 0.0447 e. The largest absolute Gasteiger partial charge is 0.368 e. The number of nitrogens with two attached hydrogens (primary N) is 1. The molecule has 1 aliphatic rings. The zero-order valence-electron chi connectivity index (χ0n) is 13.0. The van der Waals surface area contributed by atoms with Gasteiger partial charge < -0.3 is 10.6 Å². The second-order valence-corrected chi connectivity index (χ2v) is 5.92.